The second kappa shape index (κ2) is 9.35. The summed E-state index contributed by atoms with van der Waals surface area (Å²) in [5.74, 6) is 12.1. The highest BCUT2D eigenvalue weighted by atomic mass is 14.0. The Bertz CT molecular complexity index is 269. The van der Waals surface area contributed by atoms with E-state index < -0.39 is 0 Å². The fraction of sp³-hybridized carbons (Fsp3) is 0.750. The highest BCUT2D eigenvalue weighted by Crippen LogP contribution is 2.09. The Balaban J connectivity index is 3.44. The monoisotopic (exact) mass is 218 g/mol. The third-order valence-corrected chi connectivity index (χ3v) is 2.24. The average molecular weight is 218 g/mol. The van der Waals surface area contributed by atoms with Gasteiger partial charge in [0.05, 0.1) is 0 Å². The lowest BCUT2D eigenvalue weighted by atomic mass is 9.98. The molecule has 0 fully saturated rings. The van der Waals surface area contributed by atoms with Crippen LogP contribution in [0.25, 0.3) is 0 Å². The lowest BCUT2D eigenvalue weighted by Gasteiger charge is -2.05. The molecule has 0 radical (unpaired) electrons. The number of unbranched alkanes of at least 4 members (excludes halogenated alkanes) is 6. The van der Waals surface area contributed by atoms with Crippen molar-refractivity contribution in [3.8, 4) is 23.7 Å². The van der Waals surface area contributed by atoms with Crippen molar-refractivity contribution in [1.82, 2.24) is 0 Å². The molecule has 0 heterocycles. The molecule has 0 nitrogen and oxygen atoms in total. The normalized spacial score (nSPS) is 10.0. The van der Waals surface area contributed by atoms with Gasteiger partial charge in [0.15, 0.2) is 0 Å². The van der Waals surface area contributed by atoms with Crippen molar-refractivity contribution in [3.05, 3.63) is 0 Å². The molecule has 0 spiro atoms. The van der Waals surface area contributed by atoms with E-state index in [2.05, 4.69) is 51.4 Å². The molecule has 0 aliphatic rings. The first-order chi connectivity index (χ1) is 7.56. The second-order valence-electron chi connectivity index (χ2n) is 5.32. The summed E-state index contributed by atoms with van der Waals surface area (Å²) in [5, 5.41) is 0. The molecule has 0 atom stereocenters. The van der Waals surface area contributed by atoms with Gasteiger partial charge in [-0.25, -0.2) is 0 Å². The molecule has 0 bridgehead atoms. The van der Waals surface area contributed by atoms with Crippen LogP contribution in [0.2, 0.25) is 0 Å². The zero-order chi connectivity index (χ0) is 12.3. The van der Waals surface area contributed by atoms with E-state index in [0.29, 0.717) is 0 Å². The second-order valence-corrected chi connectivity index (χ2v) is 5.32. The zero-order valence-electron chi connectivity index (χ0n) is 11.4. The van der Waals surface area contributed by atoms with Gasteiger partial charge in [-0.2, -0.15) is 0 Å². The van der Waals surface area contributed by atoms with Gasteiger partial charge in [0.2, 0.25) is 0 Å². The summed E-state index contributed by atoms with van der Waals surface area (Å²) in [6.07, 6.45) is 9.00. The standard InChI is InChI=1S/C16H26/c1-5-6-7-8-9-10-11-12-13-14-15-16(2,3)4/h5-11H2,1-4H3. The van der Waals surface area contributed by atoms with Crippen LogP contribution in [0.5, 0.6) is 0 Å². The van der Waals surface area contributed by atoms with Gasteiger partial charge in [-0.3, -0.25) is 0 Å². The maximum atomic E-state index is 3.13. The van der Waals surface area contributed by atoms with E-state index in [9.17, 15) is 0 Å². The largest absolute Gasteiger partial charge is 0.0891 e. The predicted octanol–water partition coefficient (Wildman–Crippen LogP) is 4.79. The van der Waals surface area contributed by atoms with Crippen LogP contribution in [0.3, 0.4) is 0 Å². The molecule has 0 heteroatoms. The fourth-order valence-electron chi connectivity index (χ4n) is 1.32. The molecule has 16 heavy (non-hydrogen) atoms. The average Bonchev–Trinajstić information content (AvgIpc) is 2.19. The quantitative estimate of drug-likeness (QED) is 0.444. The van der Waals surface area contributed by atoms with Crippen LogP contribution in [0.4, 0.5) is 0 Å². The van der Waals surface area contributed by atoms with Crippen LogP contribution < -0.4 is 0 Å². The Morgan fingerprint density at radius 2 is 1.44 bits per heavy atom. The number of hydrogen-bond donors (Lipinski definition) is 0. The van der Waals surface area contributed by atoms with Gasteiger partial charge in [0.25, 0.3) is 0 Å². The first-order valence-electron chi connectivity index (χ1n) is 6.56. The van der Waals surface area contributed by atoms with Crippen LogP contribution >= 0.6 is 0 Å². The molecular weight excluding hydrogens is 192 g/mol. The van der Waals surface area contributed by atoms with Crippen molar-refractivity contribution in [1.29, 1.82) is 0 Å². The lowest BCUT2D eigenvalue weighted by Crippen LogP contribution is -1.98. The maximum absolute atomic E-state index is 3.13. The summed E-state index contributed by atoms with van der Waals surface area (Å²) < 4.78 is 0. The van der Waals surface area contributed by atoms with Gasteiger partial charge in [-0.1, -0.05) is 50.9 Å². The summed E-state index contributed by atoms with van der Waals surface area (Å²) in [6.45, 7) is 8.57. The molecule has 0 N–H and O–H groups in total. The fourth-order valence-corrected chi connectivity index (χ4v) is 1.32. The van der Waals surface area contributed by atoms with Crippen molar-refractivity contribution < 1.29 is 0 Å². The summed E-state index contributed by atoms with van der Waals surface area (Å²) in [5.41, 5.74) is 0.0782. The SMILES string of the molecule is CCCCCCCCC#CC#CC(C)(C)C. The van der Waals surface area contributed by atoms with Gasteiger partial charge >= 0.3 is 0 Å². The Morgan fingerprint density at radius 1 is 0.812 bits per heavy atom. The molecule has 0 saturated carbocycles. The molecule has 0 aromatic rings. The molecule has 0 unspecified atom stereocenters. The summed E-state index contributed by atoms with van der Waals surface area (Å²) in [7, 11) is 0. The molecule has 0 saturated heterocycles. The van der Waals surface area contributed by atoms with Crippen LogP contribution in [0.15, 0.2) is 0 Å². The zero-order valence-corrected chi connectivity index (χ0v) is 11.4. The smallest absolute Gasteiger partial charge is 0.0240 e. The molecule has 0 aliphatic heterocycles. The van der Waals surface area contributed by atoms with E-state index >= 15 is 0 Å². The third kappa shape index (κ3) is 13.1. The molecule has 0 aromatic heterocycles. The van der Waals surface area contributed by atoms with E-state index in [0.717, 1.165) is 6.42 Å². The topological polar surface area (TPSA) is 0 Å². The van der Waals surface area contributed by atoms with Crippen LogP contribution in [0, 0.1) is 29.1 Å². The first kappa shape index (κ1) is 15.1. The van der Waals surface area contributed by atoms with Gasteiger partial charge in [-0.05, 0) is 39.0 Å². The molecule has 0 aromatic carbocycles. The first-order valence-corrected chi connectivity index (χ1v) is 6.56. The molecule has 0 rings (SSSR count). The molecular formula is C16H26. The summed E-state index contributed by atoms with van der Waals surface area (Å²) in [6, 6.07) is 0. The van der Waals surface area contributed by atoms with Crippen molar-refractivity contribution in [3.63, 3.8) is 0 Å². The summed E-state index contributed by atoms with van der Waals surface area (Å²) in [4.78, 5) is 0. The van der Waals surface area contributed by atoms with Gasteiger partial charge in [0.1, 0.15) is 0 Å². The van der Waals surface area contributed by atoms with Crippen molar-refractivity contribution in [2.24, 2.45) is 5.41 Å². The Labute approximate surface area is 102 Å². The van der Waals surface area contributed by atoms with Gasteiger partial charge in [-0.15, -0.1) is 0 Å². The number of rotatable bonds is 6. The van der Waals surface area contributed by atoms with Crippen molar-refractivity contribution in [2.45, 2.75) is 72.6 Å². The number of hydrogen-bond acceptors (Lipinski definition) is 0. The molecule has 0 amide bonds. The maximum Gasteiger partial charge on any atom is 0.0240 e. The van der Waals surface area contributed by atoms with Gasteiger partial charge in [0, 0.05) is 11.8 Å². The molecule has 0 aliphatic carbocycles. The van der Waals surface area contributed by atoms with E-state index in [-0.39, 0.29) is 5.41 Å². The minimum Gasteiger partial charge on any atom is -0.0891 e. The predicted molar refractivity (Wildman–Crippen MR) is 73.0 cm³/mol. The van der Waals surface area contributed by atoms with Crippen LogP contribution in [0.1, 0.15) is 72.6 Å². The lowest BCUT2D eigenvalue weighted by molar-refractivity contribution is 0.571. The van der Waals surface area contributed by atoms with Crippen molar-refractivity contribution in [2.75, 3.05) is 0 Å². The van der Waals surface area contributed by atoms with Crippen LogP contribution in [-0.4, -0.2) is 0 Å². The van der Waals surface area contributed by atoms with Crippen LogP contribution in [-0.2, 0) is 0 Å². The Kier molecular flexibility index (Phi) is 8.84. The highest BCUT2D eigenvalue weighted by Gasteiger charge is 2.02. The van der Waals surface area contributed by atoms with Crippen molar-refractivity contribution >= 4 is 0 Å². The van der Waals surface area contributed by atoms with Gasteiger partial charge < -0.3 is 0 Å². The Morgan fingerprint density at radius 3 is 2.06 bits per heavy atom. The van der Waals surface area contributed by atoms with E-state index in [4.69, 9.17) is 0 Å². The third-order valence-electron chi connectivity index (χ3n) is 2.24. The highest BCUT2D eigenvalue weighted by molar-refractivity contribution is 5.27. The van der Waals surface area contributed by atoms with E-state index in [1.807, 2.05) is 0 Å². The van der Waals surface area contributed by atoms with E-state index in [1.54, 1.807) is 0 Å². The Hall–Kier alpha value is -0.880. The van der Waals surface area contributed by atoms with E-state index in [1.165, 1.54) is 38.5 Å². The minimum absolute atomic E-state index is 0.0782. The summed E-state index contributed by atoms with van der Waals surface area (Å²) >= 11 is 0. The minimum atomic E-state index is 0.0782. The molecule has 90 valence electrons.